The van der Waals surface area contributed by atoms with Crippen molar-refractivity contribution in [3.8, 4) is 78.5 Å². The highest BCUT2D eigenvalue weighted by Crippen LogP contribution is 2.51. The standard InChI is InChI=1S/C71H51BN6O/c1-71(2,3)61-42-43-73-69-68(61)77(49-26-11-6-12-27-49)70-74-72(62-38-18-17-30-53(62)47-22-7-4-8-23-47)63-41-40-52(45-65(63)78(69)70)79-51-29-19-28-50(44-51)75-46-76-66-54(48-24-9-5-10-25-48)35-20-36-59(66)57-33-15-13-31-55(57)56-32-14-16-34-58(56)60-37-21-39-64(75)67(60)76/h4-45H,1-3H3. The summed E-state index contributed by atoms with van der Waals surface area (Å²) in [5.74, 6) is 3.00. The average Bonchev–Trinajstić information content (AvgIpc) is 4.22. The monoisotopic (exact) mass is 1010 g/mol. The zero-order valence-electron chi connectivity index (χ0n) is 43.9. The van der Waals surface area contributed by atoms with Gasteiger partial charge < -0.3 is 4.74 Å². The fraction of sp³-hybridized carbons (Fsp3) is 0.0563. The molecule has 8 heteroatoms. The van der Waals surface area contributed by atoms with E-state index in [9.17, 15) is 0 Å². The molecule has 0 N–H and O–H groups in total. The molecule has 0 bridgehead atoms. The summed E-state index contributed by atoms with van der Waals surface area (Å²) in [6, 6.07) is 88.4. The lowest BCUT2D eigenvalue weighted by Crippen LogP contribution is -2.52. The first-order chi connectivity index (χ1) is 38.9. The first-order valence-corrected chi connectivity index (χ1v) is 27.0. The first-order valence-electron chi connectivity index (χ1n) is 27.0. The molecule has 0 unspecified atom stereocenters. The van der Waals surface area contributed by atoms with Crippen LogP contribution in [-0.4, -0.2) is 22.4 Å². The zero-order chi connectivity index (χ0) is 52.8. The van der Waals surface area contributed by atoms with Gasteiger partial charge in [-0.2, -0.15) is 0 Å². The van der Waals surface area contributed by atoms with E-state index in [1.165, 1.54) is 22.3 Å². The van der Waals surface area contributed by atoms with Crippen molar-refractivity contribution in [1.29, 1.82) is 0 Å². The number of ether oxygens (including phenoxy) is 1. The van der Waals surface area contributed by atoms with E-state index < -0.39 is 0 Å². The number of hydrogen-bond acceptors (Lipinski definition) is 5. The van der Waals surface area contributed by atoms with E-state index in [4.69, 9.17) is 14.6 Å². The molecule has 0 saturated heterocycles. The maximum atomic E-state index is 7.09. The second-order valence-corrected chi connectivity index (χ2v) is 21.5. The summed E-state index contributed by atoms with van der Waals surface area (Å²) in [7, 11) is 0. The van der Waals surface area contributed by atoms with Crippen molar-refractivity contribution < 1.29 is 9.30 Å². The van der Waals surface area contributed by atoms with Gasteiger partial charge in [0.05, 0.1) is 33.8 Å². The van der Waals surface area contributed by atoms with E-state index >= 15 is 0 Å². The number of imidazole rings is 1. The molecule has 12 aromatic rings. The molecule has 15 rings (SSSR count). The van der Waals surface area contributed by atoms with Crippen LogP contribution < -0.4 is 30.0 Å². The quantitative estimate of drug-likeness (QED) is 0.0907. The molecule has 3 aliphatic heterocycles. The van der Waals surface area contributed by atoms with Crippen molar-refractivity contribution in [2.75, 3.05) is 9.80 Å². The van der Waals surface area contributed by atoms with Crippen LogP contribution in [-0.2, 0) is 5.41 Å². The second-order valence-electron chi connectivity index (χ2n) is 21.5. The molecule has 0 amide bonds. The Morgan fingerprint density at radius 3 is 1.75 bits per heavy atom. The maximum Gasteiger partial charge on any atom is 0.351 e. The summed E-state index contributed by atoms with van der Waals surface area (Å²) >= 11 is 0. The summed E-state index contributed by atoms with van der Waals surface area (Å²) in [5, 5.41) is 0. The Labute approximate surface area is 460 Å². The third-order valence-electron chi connectivity index (χ3n) is 15.7. The summed E-state index contributed by atoms with van der Waals surface area (Å²) in [6.07, 6.45) is 5.89. The largest absolute Gasteiger partial charge is 0.458 e. The number of nitrogens with zero attached hydrogens (tertiary/aromatic N) is 6. The minimum absolute atomic E-state index is 0.199. The van der Waals surface area contributed by atoms with E-state index in [2.05, 4.69) is 289 Å². The molecule has 0 fully saturated rings. The number of aromatic nitrogens is 3. The Bertz CT molecular complexity index is 4410. The van der Waals surface area contributed by atoms with Crippen LogP contribution in [0.1, 0.15) is 26.3 Å². The van der Waals surface area contributed by atoms with E-state index in [-0.39, 0.29) is 12.3 Å². The van der Waals surface area contributed by atoms with Crippen molar-refractivity contribution in [3.63, 3.8) is 0 Å². The Balaban J connectivity index is 0.898. The molecule has 2 aromatic heterocycles. The molecular formula is C71H51BN6O. The molecular weight excluding hydrogens is 964 g/mol. The van der Waals surface area contributed by atoms with Gasteiger partial charge >= 0.3 is 6.85 Å². The molecule has 0 atom stereocenters. The average molecular weight is 1020 g/mol. The maximum absolute atomic E-state index is 7.09. The minimum Gasteiger partial charge on any atom is -0.458 e. The van der Waals surface area contributed by atoms with Crippen LogP contribution >= 0.6 is 0 Å². The zero-order valence-corrected chi connectivity index (χ0v) is 43.9. The van der Waals surface area contributed by atoms with Crippen molar-refractivity contribution in [3.05, 3.63) is 267 Å². The molecule has 374 valence electrons. The van der Waals surface area contributed by atoms with Gasteiger partial charge in [0.15, 0.2) is 5.82 Å². The van der Waals surface area contributed by atoms with Gasteiger partial charge in [0.2, 0.25) is 5.96 Å². The van der Waals surface area contributed by atoms with E-state index in [0.29, 0.717) is 11.5 Å². The summed E-state index contributed by atoms with van der Waals surface area (Å²) in [6.45, 7) is 6.44. The predicted molar refractivity (Wildman–Crippen MR) is 323 cm³/mol. The third-order valence-corrected chi connectivity index (χ3v) is 15.7. The van der Waals surface area contributed by atoms with Crippen molar-refractivity contribution in [1.82, 2.24) is 9.55 Å². The highest BCUT2D eigenvalue weighted by Gasteiger charge is 2.45. The number of rotatable bonds is 7. The second kappa shape index (κ2) is 18.3. The van der Waals surface area contributed by atoms with Gasteiger partial charge in [-0.05, 0) is 120 Å². The third kappa shape index (κ3) is 7.54. The van der Waals surface area contributed by atoms with Gasteiger partial charge in [-0.1, -0.05) is 221 Å². The van der Waals surface area contributed by atoms with Crippen LogP contribution in [0.15, 0.2) is 260 Å². The lowest BCUT2D eigenvalue weighted by molar-refractivity contribution is -0.570. The summed E-state index contributed by atoms with van der Waals surface area (Å²) < 4.78 is 11.6. The van der Waals surface area contributed by atoms with Crippen molar-refractivity contribution in [2.45, 2.75) is 26.2 Å². The van der Waals surface area contributed by atoms with Crippen molar-refractivity contribution >= 4 is 57.6 Å². The van der Waals surface area contributed by atoms with E-state index in [1.54, 1.807) is 0 Å². The molecule has 7 nitrogen and oxygen atoms in total. The highest BCUT2D eigenvalue weighted by atomic mass is 16.5. The number of guanidine groups is 1. The Hall–Kier alpha value is -10.0. The van der Waals surface area contributed by atoms with Gasteiger partial charge in [0.25, 0.3) is 6.33 Å². The number of para-hydroxylation sites is 3. The molecule has 79 heavy (non-hydrogen) atoms. The fourth-order valence-electron chi connectivity index (χ4n) is 12.2. The number of benzene rings is 10. The lowest BCUT2D eigenvalue weighted by atomic mass is 9.49. The predicted octanol–water partition coefficient (Wildman–Crippen LogP) is 15.6. The van der Waals surface area contributed by atoms with E-state index in [0.717, 1.165) is 101 Å². The normalized spacial score (nSPS) is 13.0. The minimum atomic E-state index is -0.351. The van der Waals surface area contributed by atoms with Crippen molar-refractivity contribution in [2.24, 2.45) is 4.90 Å². The molecule has 0 radical (unpaired) electrons. The van der Waals surface area contributed by atoms with Gasteiger partial charge in [0.1, 0.15) is 11.5 Å². The van der Waals surface area contributed by atoms with Gasteiger partial charge in [-0.15, -0.1) is 0 Å². The Kier molecular flexibility index (Phi) is 10.7. The van der Waals surface area contributed by atoms with Crippen LogP contribution in [0.3, 0.4) is 0 Å². The Morgan fingerprint density at radius 1 is 0.468 bits per heavy atom. The first kappa shape index (κ1) is 46.3. The van der Waals surface area contributed by atoms with Gasteiger partial charge in [-0.25, -0.2) is 4.98 Å². The SMILES string of the molecule is CC(C)(C)c1ccnc2c1N(c1ccccc1)C1=NB(c3ccccc3-c3ccccc3)c3ccc(Oc4cccc(-n5[c-][n+]6c7c(cccc75)-c5ccccc5-c5ccccc5-c5cccc(-c7ccccc7)c5-6)c4)cc3N12. The van der Waals surface area contributed by atoms with Crippen LogP contribution in [0.2, 0.25) is 0 Å². The Morgan fingerprint density at radius 2 is 1.03 bits per heavy atom. The molecule has 0 saturated carbocycles. The smallest absolute Gasteiger partial charge is 0.351 e. The topological polar surface area (TPSA) is 49.8 Å². The molecule has 5 heterocycles. The molecule has 0 aliphatic carbocycles. The summed E-state index contributed by atoms with van der Waals surface area (Å²) in [5.41, 5.74) is 21.7. The molecule has 10 aromatic carbocycles. The summed E-state index contributed by atoms with van der Waals surface area (Å²) in [4.78, 5) is 15.5. The van der Waals surface area contributed by atoms with Crippen LogP contribution in [0.25, 0.3) is 78.0 Å². The van der Waals surface area contributed by atoms with E-state index in [1.807, 2.05) is 12.3 Å². The lowest BCUT2D eigenvalue weighted by Gasteiger charge is -2.32. The molecule has 3 aliphatic rings. The van der Waals surface area contributed by atoms with Crippen LogP contribution in [0.5, 0.6) is 11.5 Å². The van der Waals surface area contributed by atoms with Gasteiger partial charge in [-0.3, -0.25) is 23.8 Å². The fourth-order valence-corrected chi connectivity index (χ4v) is 12.2. The number of anilines is 4. The van der Waals surface area contributed by atoms with Gasteiger partial charge in [0, 0.05) is 18.0 Å². The highest BCUT2D eigenvalue weighted by molar-refractivity contribution is 6.88. The number of fused-ring (bicyclic) bond motifs is 12. The van der Waals surface area contributed by atoms with Crippen LogP contribution in [0.4, 0.5) is 22.9 Å². The number of pyridine rings is 1. The molecule has 0 spiro atoms. The van der Waals surface area contributed by atoms with Crippen LogP contribution in [0, 0.1) is 6.33 Å². The number of hydrogen-bond donors (Lipinski definition) is 0.